The van der Waals surface area contributed by atoms with E-state index >= 15 is 0 Å². The van der Waals surface area contributed by atoms with Crippen LogP contribution in [0.5, 0.6) is 0 Å². The first-order valence-corrected chi connectivity index (χ1v) is 9.75. The maximum Gasteiger partial charge on any atom is 0.225 e. The van der Waals surface area contributed by atoms with Crippen molar-refractivity contribution in [1.29, 1.82) is 0 Å². The van der Waals surface area contributed by atoms with E-state index in [1.54, 1.807) is 0 Å². The number of rotatable bonds is 4. The first-order valence-electron chi connectivity index (χ1n) is 9.75. The molecule has 2 saturated heterocycles. The van der Waals surface area contributed by atoms with Crippen LogP contribution < -0.4 is 0 Å². The summed E-state index contributed by atoms with van der Waals surface area (Å²) in [4.78, 5) is 29.7. The second-order valence-electron chi connectivity index (χ2n) is 8.48. The van der Waals surface area contributed by atoms with E-state index in [1.807, 2.05) is 0 Å². The lowest BCUT2D eigenvalue weighted by molar-refractivity contribution is -0.140. The summed E-state index contributed by atoms with van der Waals surface area (Å²) in [5, 5.41) is 0. The molecule has 2 saturated carbocycles. The van der Waals surface area contributed by atoms with Gasteiger partial charge < -0.3 is 9.80 Å². The van der Waals surface area contributed by atoms with E-state index in [0.29, 0.717) is 18.2 Å². The summed E-state index contributed by atoms with van der Waals surface area (Å²) in [6.45, 7) is 2.61. The summed E-state index contributed by atoms with van der Waals surface area (Å²) < 4.78 is 0. The standard InChI is InChI=1S/C19H30N2O2/c22-17(11-15-5-1-2-6-15)21-10-4-3-9-19(21)12-18(23)20(14-19)13-16-7-8-16/h15-16H,1-14H2/t19-/m0/s1. The van der Waals surface area contributed by atoms with Crippen LogP contribution >= 0.6 is 0 Å². The highest BCUT2D eigenvalue weighted by Gasteiger charge is 2.50. The molecule has 2 aliphatic heterocycles. The van der Waals surface area contributed by atoms with Crippen molar-refractivity contribution in [3.8, 4) is 0 Å². The van der Waals surface area contributed by atoms with E-state index in [2.05, 4.69) is 9.80 Å². The van der Waals surface area contributed by atoms with Crippen LogP contribution in [-0.2, 0) is 9.59 Å². The Balaban J connectivity index is 1.45. The summed E-state index contributed by atoms with van der Waals surface area (Å²) >= 11 is 0. The van der Waals surface area contributed by atoms with Gasteiger partial charge in [0.2, 0.25) is 11.8 Å². The number of likely N-dealkylation sites (tertiary alicyclic amines) is 2. The van der Waals surface area contributed by atoms with Crippen LogP contribution in [0.25, 0.3) is 0 Å². The quantitative estimate of drug-likeness (QED) is 0.799. The molecule has 0 radical (unpaired) electrons. The van der Waals surface area contributed by atoms with Crippen molar-refractivity contribution >= 4 is 11.8 Å². The van der Waals surface area contributed by atoms with E-state index in [9.17, 15) is 9.59 Å². The van der Waals surface area contributed by atoms with Gasteiger partial charge in [0.1, 0.15) is 0 Å². The predicted molar refractivity (Wildman–Crippen MR) is 88.8 cm³/mol. The molecule has 0 aromatic heterocycles. The van der Waals surface area contributed by atoms with Crippen molar-refractivity contribution in [2.75, 3.05) is 19.6 Å². The third-order valence-corrected chi connectivity index (χ3v) is 6.58. The highest BCUT2D eigenvalue weighted by molar-refractivity contribution is 5.84. The highest BCUT2D eigenvalue weighted by Crippen LogP contribution is 2.40. The zero-order valence-corrected chi connectivity index (χ0v) is 14.3. The maximum atomic E-state index is 13.0. The van der Waals surface area contributed by atoms with Gasteiger partial charge in [0, 0.05) is 26.1 Å². The van der Waals surface area contributed by atoms with Crippen LogP contribution in [0, 0.1) is 11.8 Å². The minimum Gasteiger partial charge on any atom is -0.340 e. The molecule has 0 bridgehead atoms. The molecule has 23 heavy (non-hydrogen) atoms. The van der Waals surface area contributed by atoms with Gasteiger partial charge in [-0.15, -0.1) is 0 Å². The van der Waals surface area contributed by atoms with Crippen molar-refractivity contribution in [2.24, 2.45) is 11.8 Å². The van der Waals surface area contributed by atoms with Crippen molar-refractivity contribution in [2.45, 2.75) is 76.2 Å². The fraction of sp³-hybridized carbons (Fsp3) is 0.895. The molecule has 4 fully saturated rings. The molecule has 0 unspecified atom stereocenters. The number of carbonyl (C=O) groups is 2. The monoisotopic (exact) mass is 318 g/mol. The van der Waals surface area contributed by atoms with Crippen molar-refractivity contribution in [1.82, 2.24) is 9.80 Å². The Hall–Kier alpha value is -1.06. The Morgan fingerprint density at radius 2 is 1.83 bits per heavy atom. The zero-order chi connectivity index (χ0) is 15.9. The normalized spacial score (nSPS) is 32.3. The molecular weight excluding hydrogens is 288 g/mol. The Bertz CT molecular complexity index is 482. The number of piperidine rings is 1. The van der Waals surface area contributed by atoms with Crippen LogP contribution in [-0.4, -0.2) is 46.8 Å². The number of carbonyl (C=O) groups excluding carboxylic acids is 2. The van der Waals surface area contributed by atoms with Gasteiger partial charge in [0.25, 0.3) is 0 Å². The van der Waals surface area contributed by atoms with Gasteiger partial charge in [-0.25, -0.2) is 0 Å². The van der Waals surface area contributed by atoms with Crippen molar-refractivity contribution in [3.05, 3.63) is 0 Å². The molecule has 4 nitrogen and oxygen atoms in total. The van der Waals surface area contributed by atoms with Gasteiger partial charge in [-0.2, -0.15) is 0 Å². The zero-order valence-electron chi connectivity index (χ0n) is 14.3. The Morgan fingerprint density at radius 1 is 1.04 bits per heavy atom. The first-order chi connectivity index (χ1) is 11.2. The van der Waals surface area contributed by atoms with Crippen LogP contribution in [0.1, 0.15) is 70.6 Å². The van der Waals surface area contributed by atoms with Gasteiger partial charge in [-0.05, 0) is 56.8 Å². The summed E-state index contributed by atoms with van der Waals surface area (Å²) in [6.07, 6.45) is 12.2. The predicted octanol–water partition coefficient (Wildman–Crippen LogP) is 2.96. The van der Waals surface area contributed by atoms with Crippen LogP contribution in [0.2, 0.25) is 0 Å². The van der Waals surface area contributed by atoms with Crippen molar-refractivity contribution in [3.63, 3.8) is 0 Å². The topological polar surface area (TPSA) is 40.6 Å². The fourth-order valence-electron chi connectivity index (χ4n) is 5.08. The average Bonchev–Trinajstić information content (AvgIpc) is 3.10. The molecule has 2 heterocycles. The molecule has 0 aromatic carbocycles. The van der Waals surface area contributed by atoms with Crippen LogP contribution in [0.4, 0.5) is 0 Å². The molecule has 0 N–H and O–H groups in total. The van der Waals surface area contributed by atoms with Gasteiger partial charge in [0.15, 0.2) is 0 Å². The lowest BCUT2D eigenvalue weighted by atomic mass is 9.84. The van der Waals surface area contributed by atoms with Crippen LogP contribution in [0.3, 0.4) is 0 Å². The number of hydrogen-bond donors (Lipinski definition) is 0. The summed E-state index contributed by atoms with van der Waals surface area (Å²) in [5.74, 6) is 1.96. The van der Waals surface area contributed by atoms with E-state index in [4.69, 9.17) is 0 Å². The van der Waals surface area contributed by atoms with Gasteiger partial charge in [-0.3, -0.25) is 9.59 Å². The van der Waals surface area contributed by atoms with Crippen LogP contribution in [0.15, 0.2) is 0 Å². The summed E-state index contributed by atoms with van der Waals surface area (Å²) in [7, 11) is 0. The SMILES string of the molecule is O=C1C[C@@]2(CCCCN2C(=O)CC2CCCC2)CN1CC1CC1. The second-order valence-corrected chi connectivity index (χ2v) is 8.48. The lowest BCUT2D eigenvalue weighted by Gasteiger charge is -2.45. The molecule has 4 aliphatic rings. The molecule has 1 spiro atoms. The summed E-state index contributed by atoms with van der Waals surface area (Å²) in [6, 6.07) is 0. The Kier molecular flexibility index (Phi) is 4.10. The average molecular weight is 318 g/mol. The Labute approximate surface area is 139 Å². The third-order valence-electron chi connectivity index (χ3n) is 6.58. The first kappa shape index (κ1) is 15.5. The smallest absolute Gasteiger partial charge is 0.225 e. The second kappa shape index (κ2) is 6.10. The van der Waals surface area contributed by atoms with Gasteiger partial charge >= 0.3 is 0 Å². The third kappa shape index (κ3) is 3.14. The Morgan fingerprint density at radius 3 is 2.57 bits per heavy atom. The number of hydrogen-bond acceptors (Lipinski definition) is 2. The van der Waals surface area contributed by atoms with Crippen molar-refractivity contribution < 1.29 is 9.59 Å². The fourth-order valence-corrected chi connectivity index (χ4v) is 5.08. The highest BCUT2D eigenvalue weighted by atomic mass is 16.2. The molecule has 2 aliphatic carbocycles. The molecule has 4 rings (SSSR count). The van der Waals surface area contributed by atoms with E-state index in [0.717, 1.165) is 51.2 Å². The molecule has 4 heteroatoms. The minimum atomic E-state index is -0.167. The molecule has 128 valence electrons. The lowest BCUT2D eigenvalue weighted by Crippen LogP contribution is -2.56. The minimum absolute atomic E-state index is 0.167. The van der Waals surface area contributed by atoms with E-state index in [-0.39, 0.29) is 11.4 Å². The van der Waals surface area contributed by atoms with Gasteiger partial charge in [0.05, 0.1) is 12.0 Å². The molecule has 0 aromatic rings. The van der Waals surface area contributed by atoms with E-state index < -0.39 is 0 Å². The number of amides is 2. The summed E-state index contributed by atoms with van der Waals surface area (Å²) in [5.41, 5.74) is -0.167. The molecule has 2 amide bonds. The maximum absolute atomic E-state index is 13.0. The molecular formula is C19H30N2O2. The van der Waals surface area contributed by atoms with Gasteiger partial charge in [-0.1, -0.05) is 12.8 Å². The largest absolute Gasteiger partial charge is 0.340 e. The molecule has 1 atom stereocenters. The van der Waals surface area contributed by atoms with E-state index in [1.165, 1.54) is 38.5 Å². The number of nitrogens with zero attached hydrogens (tertiary/aromatic N) is 2.